The molecule has 1 amide bonds. The van der Waals surface area contributed by atoms with Crippen LogP contribution in [0.4, 0.5) is 0 Å². The van der Waals surface area contributed by atoms with Crippen LogP contribution in [0.2, 0.25) is 0 Å². The van der Waals surface area contributed by atoms with Crippen LogP contribution in [0.15, 0.2) is 12.7 Å². The second-order valence-corrected chi connectivity index (χ2v) is 5.47. The lowest BCUT2D eigenvalue weighted by Crippen LogP contribution is -2.63. The first-order chi connectivity index (χ1) is 8.61. The molecule has 3 atom stereocenters. The van der Waals surface area contributed by atoms with Crippen LogP contribution in [0.1, 0.15) is 0 Å². The molecule has 2 aliphatic rings. The largest absolute Gasteiger partial charge is 0.460 e. The van der Waals surface area contributed by atoms with E-state index in [4.69, 9.17) is 4.74 Å². The molecule has 2 rings (SSSR count). The number of Topliss-reactive ketones (excluding diaryl/α,β-unsaturated/α-hetero) is 1. The van der Waals surface area contributed by atoms with E-state index in [2.05, 4.69) is 19.2 Å². The highest BCUT2D eigenvalue weighted by molar-refractivity contribution is 8.00. The highest BCUT2D eigenvalue weighted by Gasteiger charge is 2.59. The topological polar surface area (TPSA) is 63.7 Å². The molecule has 0 N–H and O–H groups in total. The molecule has 7 heteroatoms. The van der Waals surface area contributed by atoms with E-state index in [9.17, 15) is 14.4 Å². The van der Waals surface area contributed by atoms with Gasteiger partial charge >= 0.3 is 5.97 Å². The number of β-lactam (4-membered cyclic amide) rings is 1. The monoisotopic (exact) mass is 287 g/mol. The standard InChI is InChI=1S/C11H13NO4S2/c1-2-3-16-11(15)6-5-18-10-8(7(13)4-17)9(14)12(6)10/h2,6,8,10,17H,1,3-5H2/t6?,8-,10+/m0/s1. The van der Waals surface area contributed by atoms with Crippen LogP contribution >= 0.6 is 24.4 Å². The first-order valence-corrected chi connectivity index (χ1v) is 7.14. The Morgan fingerprint density at radius 2 is 2.33 bits per heavy atom. The molecule has 0 radical (unpaired) electrons. The Balaban J connectivity index is 2.01. The molecule has 1 unspecified atom stereocenters. The summed E-state index contributed by atoms with van der Waals surface area (Å²) in [6.45, 7) is 3.58. The van der Waals surface area contributed by atoms with Crippen molar-refractivity contribution in [2.75, 3.05) is 18.1 Å². The summed E-state index contributed by atoms with van der Waals surface area (Å²) < 4.78 is 4.93. The average Bonchev–Trinajstić information content (AvgIpc) is 2.75. The molecule has 98 valence electrons. The number of ether oxygens (including phenoxy) is 1. The molecule has 2 saturated heterocycles. The number of fused-ring (bicyclic) bond motifs is 1. The second kappa shape index (κ2) is 5.36. The van der Waals surface area contributed by atoms with Crippen molar-refractivity contribution in [1.82, 2.24) is 4.90 Å². The number of amides is 1. The zero-order valence-corrected chi connectivity index (χ0v) is 11.3. The maximum atomic E-state index is 11.9. The highest BCUT2D eigenvalue weighted by atomic mass is 32.2. The number of hydrogen-bond acceptors (Lipinski definition) is 6. The van der Waals surface area contributed by atoms with Crippen molar-refractivity contribution in [3.63, 3.8) is 0 Å². The van der Waals surface area contributed by atoms with Gasteiger partial charge in [-0.05, 0) is 0 Å². The summed E-state index contributed by atoms with van der Waals surface area (Å²) in [6, 6.07) is -0.573. The molecule has 0 spiro atoms. The highest BCUT2D eigenvalue weighted by Crippen LogP contribution is 2.44. The normalized spacial score (nSPS) is 29.5. The Hall–Kier alpha value is -0.950. The smallest absolute Gasteiger partial charge is 0.330 e. The molecular weight excluding hydrogens is 274 g/mol. The van der Waals surface area contributed by atoms with Crippen molar-refractivity contribution in [1.29, 1.82) is 0 Å². The molecule has 0 aromatic carbocycles. The molecule has 18 heavy (non-hydrogen) atoms. The first kappa shape index (κ1) is 13.5. The molecule has 5 nitrogen and oxygen atoms in total. The van der Waals surface area contributed by atoms with Crippen molar-refractivity contribution in [3.05, 3.63) is 12.7 Å². The number of carbonyl (C=O) groups excluding carboxylic acids is 3. The van der Waals surface area contributed by atoms with Crippen LogP contribution in [0, 0.1) is 5.92 Å². The minimum Gasteiger partial charge on any atom is -0.460 e. The Labute approximate surface area is 114 Å². The fraction of sp³-hybridized carbons (Fsp3) is 0.545. The van der Waals surface area contributed by atoms with E-state index in [1.165, 1.54) is 22.7 Å². The maximum absolute atomic E-state index is 11.9. The van der Waals surface area contributed by atoms with Crippen molar-refractivity contribution in [2.24, 2.45) is 5.92 Å². The predicted octanol–water partition coefficient (Wildman–Crippen LogP) is 0.114. The van der Waals surface area contributed by atoms with E-state index < -0.39 is 17.9 Å². The van der Waals surface area contributed by atoms with Gasteiger partial charge in [0.1, 0.15) is 18.6 Å². The van der Waals surface area contributed by atoms with Gasteiger partial charge in [0, 0.05) is 5.75 Å². The third-order valence-corrected chi connectivity index (χ3v) is 4.62. The van der Waals surface area contributed by atoms with E-state index in [-0.39, 0.29) is 29.4 Å². The van der Waals surface area contributed by atoms with Crippen molar-refractivity contribution >= 4 is 42.1 Å². The number of thiol groups is 1. The lowest BCUT2D eigenvalue weighted by atomic mass is 9.92. The Bertz CT molecular complexity index is 412. The minimum atomic E-state index is -0.635. The number of rotatable bonds is 5. The van der Waals surface area contributed by atoms with Gasteiger partial charge in [0.05, 0.1) is 11.1 Å². The van der Waals surface area contributed by atoms with Gasteiger partial charge in [-0.3, -0.25) is 9.59 Å². The average molecular weight is 287 g/mol. The quantitative estimate of drug-likeness (QED) is 0.256. The summed E-state index contributed by atoms with van der Waals surface area (Å²) in [5.41, 5.74) is 0. The Morgan fingerprint density at radius 3 is 2.94 bits per heavy atom. The van der Waals surface area contributed by atoms with Crippen LogP contribution < -0.4 is 0 Å². The molecule has 2 heterocycles. The van der Waals surface area contributed by atoms with Gasteiger partial charge in [-0.15, -0.1) is 11.8 Å². The number of esters is 1. The van der Waals surface area contributed by atoms with E-state index in [1.807, 2.05) is 0 Å². The van der Waals surface area contributed by atoms with Gasteiger partial charge in [0.2, 0.25) is 5.91 Å². The van der Waals surface area contributed by atoms with Gasteiger partial charge in [-0.2, -0.15) is 12.6 Å². The van der Waals surface area contributed by atoms with Crippen LogP contribution in [-0.2, 0) is 19.1 Å². The summed E-state index contributed by atoms with van der Waals surface area (Å²) in [5, 5.41) is -0.224. The van der Waals surface area contributed by atoms with Gasteiger partial charge in [-0.1, -0.05) is 12.7 Å². The number of carbonyl (C=O) groups is 3. The fourth-order valence-corrected chi connectivity index (χ4v) is 3.82. The van der Waals surface area contributed by atoms with E-state index in [1.54, 1.807) is 0 Å². The van der Waals surface area contributed by atoms with Crippen LogP contribution in [-0.4, -0.2) is 52.1 Å². The maximum Gasteiger partial charge on any atom is 0.330 e. The molecule has 0 saturated carbocycles. The lowest BCUT2D eigenvalue weighted by molar-refractivity contribution is -0.166. The van der Waals surface area contributed by atoms with E-state index in [0.29, 0.717) is 5.75 Å². The Kier molecular flexibility index (Phi) is 4.01. The van der Waals surface area contributed by atoms with Crippen LogP contribution in [0.5, 0.6) is 0 Å². The number of hydrogen-bond donors (Lipinski definition) is 1. The lowest BCUT2D eigenvalue weighted by Gasteiger charge is -2.42. The van der Waals surface area contributed by atoms with Gasteiger partial charge in [-0.25, -0.2) is 4.79 Å². The number of thioether (sulfide) groups is 1. The SMILES string of the molecule is C=CCOC(=O)C1CS[C@@H]2[C@@H](C(=O)CS)C(=O)N12. The van der Waals surface area contributed by atoms with Crippen molar-refractivity contribution in [3.8, 4) is 0 Å². The van der Waals surface area contributed by atoms with Gasteiger partial charge in [0.15, 0.2) is 5.78 Å². The van der Waals surface area contributed by atoms with Crippen molar-refractivity contribution in [2.45, 2.75) is 11.4 Å². The summed E-state index contributed by atoms with van der Waals surface area (Å²) in [4.78, 5) is 36.5. The summed E-state index contributed by atoms with van der Waals surface area (Å²) in [6.07, 6.45) is 1.47. The van der Waals surface area contributed by atoms with E-state index in [0.717, 1.165) is 0 Å². The molecule has 0 aliphatic carbocycles. The fourth-order valence-electron chi connectivity index (χ4n) is 2.08. The molecule has 2 fully saturated rings. The predicted molar refractivity (Wildman–Crippen MR) is 70.4 cm³/mol. The van der Waals surface area contributed by atoms with Crippen LogP contribution in [0.25, 0.3) is 0 Å². The third kappa shape index (κ3) is 2.05. The van der Waals surface area contributed by atoms with Gasteiger partial charge < -0.3 is 9.64 Å². The van der Waals surface area contributed by atoms with Crippen molar-refractivity contribution < 1.29 is 19.1 Å². The number of nitrogens with zero attached hydrogens (tertiary/aromatic N) is 1. The third-order valence-electron chi connectivity index (χ3n) is 2.96. The molecule has 0 aromatic heterocycles. The Morgan fingerprint density at radius 1 is 1.61 bits per heavy atom. The minimum absolute atomic E-state index is 0.0485. The summed E-state index contributed by atoms with van der Waals surface area (Å²) in [5.74, 6) is -1.02. The van der Waals surface area contributed by atoms with E-state index >= 15 is 0 Å². The molecule has 0 aromatic rings. The molecular formula is C11H13NO4S2. The molecule has 2 aliphatic heterocycles. The zero-order valence-electron chi connectivity index (χ0n) is 9.57. The zero-order chi connectivity index (χ0) is 13.3. The van der Waals surface area contributed by atoms with Crippen LogP contribution in [0.3, 0.4) is 0 Å². The molecule has 0 bridgehead atoms. The number of ketones is 1. The van der Waals surface area contributed by atoms with Gasteiger partial charge in [0.25, 0.3) is 0 Å². The first-order valence-electron chi connectivity index (χ1n) is 5.46. The summed E-state index contributed by atoms with van der Waals surface area (Å²) >= 11 is 5.33. The summed E-state index contributed by atoms with van der Waals surface area (Å²) in [7, 11) is 0. The second-order valence-electron chi connectivity index (χ2n) is 4.01.